The summed E-state index contributed by atoms with van der Waals surface area (Å²) in [5.74, 6) is -2.09. The van der Waals surface area contributed by atoms with Crippen molar-refractivity contribution < 1.29 is 29.3 Å². The lowest BCUT2D eigenvalue weighted by molar-refractivity contribution is -0.140. The van der Waals surface area contributed by atoms with E-state index in [4.69, 9.17) is 22.1 Å². The highest BCUT2D eigenvalue weighted by Gasteiger charge is 2.35. The van der Waals surface area contributed by atoms with E-state index in [1.807, 2.05) is 48.3 Å². The Bertz CT molecular complexity index is 1740. The Hall–Kier alpha value is -3.94. The molecule has 13 heteroatoms. The van der Waals surface area contributed by atoms with Crippen molar-refractivity contribution in [3.63, 3.8) is 0 Å². The third-order valence-electron chi connectivity index (χ3n) is 5.66. The zero-order valence-electron chi connectivity index (χ0n) is 19.0. The van der Waals surface area contributed by atoms with Crippen LogP contribution in [0.25, 0.3) is 21.8 Å². The maximum atomic E-state index is 13.1. The first kappa shape index (κ1) is 24.7. The number of hydrogen-bond acceptors (Lipinski definition) is 9. The Kier molecular flexibility index (Phi) is 6.35. The highest BCUT2D eigenvalue weighted by atomic mass is 32.2. The molecule has 188 valence electrons. The number of carboxylic acid groups (broad SMARTS) is 2. The Morgan fingerprint density at radius 3 is 2.51 bits per heavy atom. The van der Waals surface area contributed by atoms with Gasteiger partial charge in [0.2, 0.25) is 0 Å². The number of thioether (sulfide) groups is 1. The van der Waals surface area contributed by atoms with Crippen molar-refractivity contribution in [2.45, 2.75) is 6.54 Å². The molecule has 1 aromatic heterocycles. The van der Waals surface area contributed by atoms with Gasteiger partial charge in [-0.3, -0.25) is 28.6 Å². The van der Waals surface area contributed by atoms with Crippen molar-refractivity contribution in [3.8, 4) is 5.75 Å². The molecule has 1 saturated heterocycles. The zero-order chi connectivity index (χ0) is 26.4. The van der Waals surface area contributed by atoms with Crippen LogP contribution in [0.2, 0.25) is 0 Å². The third-order valence-corrected chi connectivity index (χ3v) is 8.37. The lowest BCUT2D eigenvalue weighted by Crippen LogP contribution is -2.36. The number of anilines is 1. The van der Waals surface area contributed by atoms with Crippen LogP contribution in [-0.2, 0) is 20.9 Å². The molecule has 2 aliphatic rings. The Morgan fingerprint density at radius 2 is 1.78 bits per heavy atom. The van der Waals surface area contributed by atoms with Gasteiger partial charge in [0.15, 0.2) is 11.6 Å². The number of carboxylic acids is 2. The van der Waals surface area contributed by atoms with Gasteiger partial charge < -0.3 is 19.8 Å². The van der Waals surface area contributed by atoms with Gasteiger partial charge in [-0.2, -0.15) is 0 Å². The topological polar surface area (TPSA) is 129 Å². The second kappa shape index (κ2) is 9.50. The van der Waals surface area contributed by atoms with Gasteiger partial charge in [0.05, 0.1) is 10.2 Å². The van der Waals surface area contributed by atoms with Crippen LogP contribution < -0.4 is 24.4 Å². The van der Waals surface area contributed by atoms with Crippen LogP contribution in [0.4, 0.5) is 5.69 Å². The molecular weight excluding hydrogens is 538 g/mol. The number of hydrogen-bond donors (Lipinski definition) is 2. The summed E-state index contributed by atoms with van der Waals surface area (Å²) in [5.41, 5.74) is 0.273. The van der Waals surface area contributed by atoms with Gasteiger partial charge >= 0.3 is 11.9 Å². The molecule has 2 aromatic carbocycles. The summed E-state index contributed by atoms with van der Waals surface area (Å²) < 4.78 is 7.25. The van der Waals surface area contributed by atoms with Gasteiger partial charge in [0.1, 0.15) is 27.0 Å². The molecular formula is C24H17N3O7S3. The Labute approximate surface area is 222 Å². The number of fused-ring (bicyclic) bond motifs is 3. The van der Waals surface area contributed by atoms with E-state index in [-0.39, 0.29) is 18.4 Å². The van der Waals surface area contributed by atoms with Crippen LogP contribution in [0.1, 0.15) is 0 Å². The van der Waals surface area contributed by atoms with Gasteiger partial charge in [0.25, 0.3) is 11.5 Å². The molecule has 0 atom stereocenters. The minimum atomic E-state index is -1.27. The van der Waals surface area contributed by atoms with Crippen molar-refractivity contribution in [2.24, 2.45) is 0 Å². The van der Waals surface area contributed by atoms with E-state index < -0.39 is 36.5 Å². The summed E-state index contributed by atoms with van der Waals surface area (Å²) in [6.45, 7) is -1.31. The van der Waals surface area contributed by atoms with Gasteiger partial charge in [0, 0.05) is 18.5 Å². The number of thiazole rings is 1. The predicted octanol–water partition coefficient (Wildman–Crippen LogP) is 1.35. The highest BCUT2D eigenvalue weighted by molar-refractivity contribution is 8.30. The van der Waals surface area contributed by atoms with Crippen LogP contribution in [0.15, 0.2) is 53.2 Å². The zero-order valence-corrected chi connectivity index (χ0v) is 21.5. The second-order valence-corrected chi connectivity index (χ2v) is 10.7. The number of aromatic nitrogens is 1. The smallest absolute Gasteiger partial charge is 0.323 e. The predicted molar refractivity (Wildman–Crippen MR) is 144 cm³/mol. The number of benzene rings is 2. The number of carbonyl (C=O) groups is 3. The summed E-state index contributed by atoms with van der Waals surface area (Å²) in [6.07, 6.45) is 3.11. The van der Waals surface area contributed by atoms with Gasteiger partial charge in [-0.25, -0.2) is 0 Å². The summed E-state index contributed by atoms with van der Waals surface area (Å²) in [7, 11) is 1.84. The van der Waals surface area contributed by atoms with E-state index in [0.717, 1.165) is 49.0 Å². The molecule has 1 fully saturated rings. The summed E-state index contributed by atoms with van der Waals surface area (Å²) in [6, 6.07) is 11.7. The number of amides is 1. The van der Waals surface area contributed by atoms with Crippen molar-refractivity contribution in [2.75, 3.05) is 18.5 Å². The summed E-state index contributed by atoms with van der Waals surface area (Å²) >= 11 is 6.89. The number of carbonyl (C=O) groups excluding carboxylic acids is 1. The molecule has 0 spiro atoms. The van der Waals surface area contributed by atoms with Crippen molar-refractivity contribution in [3.05, 3.63) is 67.9 Å². The molecule has 0 bridgehead atoms. The normalized spacial score (nSPS) is 18.2. The number of ether oxygens (including phenoxy) is 1. The molecule has 0 saturated carbocycles. The molecule has 0 aliphatic carbocycles. The Balaban J connectivity index is 1.60. The number of nitrogens with zero attached hydrogens (tertiary/aromatic N) is 3. The first-order valence-electron chi connectivity index (χ1n) is 10.7. The molecule has 0 radical (unpaired) electrons. The average Bonchev–Trinajstić information content (AvgIpc) is 3.44. The van der Waals surface area contributed by atoms with Gasteiger partial charge in [-0.05, 0) is 17.5 Å². The van der Waals surface area contributed by atoms with Crippen molar-refractivity contribution in [1.82, 2.24) is 9.47 Å². The van der Waals surface area contributed by atoms with Crippen LogP contribution in [-0.4, -0.2) is 55.4 Å². The Morgan fingerprint density at radius 1 is 1.05 bits per heavy atom. The van der Waals surface area contributed by atoms with Crippen LogP contribution in [0.5, 0.6) is 5.75 Å². The summed E-state index contributed by atoms with van der Waals surface area (Å²) in [5, 5.41) is 20.5. The van der Waals surface area contributed by atoms with E-state index in [1.165, 1.54) is 6.08 Å². The first-order valence-corrected chi connectivity index (χ1v) is 12.8. The number of rotatable bonds is 5. The molecule has 3 heterocycles. The fourth-order valence-electron chi connectivity index (χ4n) is 4.03. The van der Waals surface area contributed by atoms with Crippen LogP contribution in [0.3, 0.4) is 0 Å². The monoisotopic (exact) mass is 555 g/mol. The minimum Gasteiger partial charge on any atom is -0.480 e. The fraction of sp³-hybridized carbons (Fsp3) is 0.125. The molecule has 5 rings (SSSR count). The maximum absolute atomic E-state index is 13.1. The van der Waals surface area contributed by atoms with Crippen LogP contribution >= 0.6 is 35.3 Å². The van der Waals surface area contributed by atoms with Crippen LogP contribution in [0, 0.1) is 0 Å². The summed E-state index contributed by atoms with van der Waals surface area (Å²) in [4.78, 5) is 51.4. The quantitative estimate of drug-likeness (QED) is 0.445. The van der Waals surface area contributed by atoms with E-state index >= 15 is 0 Å². The molecule has 10 nitrogen and oxygen atoms in total. The number of thiocarbonyl (C=S) groups is 1. The SMILES string of the molecule is CN1/C(=C/C=c2s/c(=C3/SC(=S)N(CC(=O)O)C3=O)n(CC(=O)O)c2=O)Oc2ccc3ccccc3c21. The standard InChI is InChI=1S/C24H17N3O7S3/c1-25-16(34-14-7-6-12-4-2-3-5-13(12)19(14)25)9-8-15-21(32)26(10-17(28)29)23(36-15)20-22(33)27(11-18(30)31)24(35)37-20/h2-9H,10-11H2,1H3,(H,28,29)(H,30,31)/b15-8?,16-9-,23-20+. The molecule has 37 heavy (non-hydrogen) atoms. The number of allylic oxidation sites excluding steroid dienone is 1. The van der Waals surface area contributed by atoms with E-state index in [1.54, 1.807) is 6.08 Å². The largest absolute Gasteiger partial charge is 0.480 e. The fourth-order valence-corrected chi connectivity index (χ4v) is 6.48. The van der Waals surface area contributed by atoms with Gasteiger partial charge in [-0.1, -0.05) is 54.3 Å². The molecule has 3 aromatic rings. The lowest BCUT2D eigenvalue weighted by Gasteiger charge is -2.12. The molecule has 0 unspecified atom stereocenters. The number of aliphatic carboxylic acids is 2. The van der Waals surface area contributed by atoms with Gasteiger partial charge in [-0.15, -0.1) is 11.3 Å². The van der Waals surface area contributed by atoms with E-state index in [9.17, 15) is 24.3 Å². The lowest BCUT2D eigenvalue weighted by atomic mass is 10.1. The highest BCUT2D eigenvalue weighted by Crippen LogP contribution is 2.43. The maximum Gasteiger partial charge on any atom is 0.323 e. The average molecular weight is 556 g/mol. The minimum absolute atomic E-state index is 0.00927. The first-order chi connectivity index (χ1) is 17.7. The van der Waals surface area contributed by atoms with Crippen molar-refractivity contribution >= 4 is 84.9 Å². The third kappa shape index (κ3) is 4.41. The molecule has 2 aliphatic heterocycles. The van der Waals surface area contributed by atoms with E-state index in [2.05, 4.69) is 0 Å². The molecule has 2 N–H and O–H groups in total. The molecule has 1 amide bonds. The second-order valence-electron chi connectivity index (χ2n) is 8.00. The van der Waals surface area contributed by atoms with Crippen molar-refractivity contribution in [1.29, 1.82) is 0 Å². The van der Waals surface area contributed by atoms with E-state index in [0.29, 0.717) is 11.6 Å².